The lowest BCUT2D eigenvalue weighted by molar-refractivity contribution is 0.564. The molecule has 0 bridgehead atoms. The monoisotopic (exact) mass is 171 g/mol. The van der Waals surface area contributed by atoms with Crippen molar-refractivity contribution in [2.75, 3.05) is 0 Å². The van der Waals surface area contributed by atoms with Crippen LogP contribution in [0, 0.1) is 13.8 Å². The summed E-state index contributed by atoms with van der Waals surface area (Å²) in [5.74, 6) is 0. The van der Waals surface area contributed by atoms with Crippen molar-refractivity contribution in [2.24, 2.45) is 0 Å². The number of hydrogen-bond acceptors (Lipinski definition) is 2. The molecule has 1 aromatic rings. The molecule has 0 aliphatic carbocycles. The maximum Gasteiger partial charge on any atom is 0.186 e. The van der Waals surface area contributed by atoms with Gasteiger partial charge in [-0.2, -0.15) is 0 Å². The van der Waals surface area contributed by atoms with Gasteiger partial charge in [0, 0.05) is 11.4 Å². The number of aromatic nitrogens is 1. The Bertz CT molecular complexity index is 278. The summed E-state index contributed by atoms with van der Waals surface area (Å²) in [6, 6.07) is 3.20. The minimum atomic E-state index is -1.89. The van der Waals surface area contributed by atoms with Crippen molar-refractivity contribution < 1.29 is 8.76 Å². The van der Waals surface area contributed by atoms with E-state index in [1.165, 1.54) is 0 Å². The van der Waals surface area contributed by atoms with Crippen molar-refractivity contribution in [1.29, 1.82) is 0 Å². The first kappa shape index (κ1) is 8.36. The number of rotatable bonds is 1. The SMILES string of the molecule is Cc1cc(S(=O)O)cc(C)n1. The Morgan fingerprint density at radius 1 is 1.36 bits per heavy atom. The molecule has 60 valence electrons. The predicted octanol–water partition coefficient (Wildman–Crippen LogP) is 1.28. The molecule has 0 aliphatic rings. The van der Waals surface area contributed by atoms with E-state index in [1.807, 2.05) is 0 Å². The van der Waals surface area contributed by atoms with Gasteiger partial charge in [0.15, 0.2) is 11.1 Å². The molecule has 4 heteroatoms. The molecule has 1 aromatic heterocycles. The Hall–Kier alpha value is -0.740. The summed E-state index contributed by atoms with van der Waals surface area (Å²) >= 11 is -1.89. The lowest BCUT2D eigenvalue weighted by Crippen LogP contribution is -1.93. The van der Waals surface area contributed by atoms with Crippen LogP contribution >= 0.6 is 0 Å². The molecule has 1 rings (SSSR count). The van der Waals surface area contributed by atoms with Gasteiger partial charge in [0.1, 0.15) is 0 Å². The zero-order chi connectivity index (χ0) is 8.43. The second-order valence-electron chi connectivity index (χ2n) is 2.33. The molecule has 0 amide bonds. The normalized spacial score (nSPS) is 13.0. The van der Waals surface area contributed by atoms with Gasteiger partial charge in [0.05, 0.1) is 4.90 Å². The fourth-order valence-corrected chi connectivity index (χ4v) is 1.44. The summed E-state index contributed by atoms with van der Waals surface area (Å²) in [7, 11) is 0. The van der Waals surface area contributed by atoms with Crippen LogP contribution < -0.4 is 0 Å². The summed E-state index contributed by atoms with van der Waals surface area (Å²) in [5.41, 5.74) is 1.53. The molecule has 1 atom stereocenters. The maximum atomic E-state index is 10.6. The zero-order valence-electron chi connectivity index (χ0n) is 6.37. The smallest absolute Gasteiger partial charge is 0.186 e. The van der Waals surface area contributed by atoms with Crippen molar-refractivity contribution in [3.8, 4) is 0 Å². The first-order chi connectivity index (χ1) is 5.09. The third kappa shape index (κ3) is 2.10. The molecule has 1 heterocycles. The highest BCUT2D eigenvalue weighted by atomic mass is 32.2. The lowest BCUT2D eigenvalue weighted by atomic mass is 10.3. The number of nitrogens with zero attached hydrogens (tertiary/aromatic N) is 1. The molecule has 11 heavy (non-hydrogen) atoms. The van der Waals surface area contributed by atoms with Gasteiger partial charge in [0.2, 0.25) is 0 Å². The van der Waals surface area contributed by atoms with E-state index < -0.39 is 11.1 Å². The van der Waals surface area contributed by atoms with Gasteiger partial charge >= 0.3 is 0 Å². The Morgan fingerprint density at radius 3 is 2.18 bits per heavy atom. The average molecular weight is 171 g/mol. The molecular formula is C7H9NO2S. The quantitative estimate of drug-likeness (QED) is 0.647. The van der Waals surface area contributed by atoms with Crippen LogP contribution in [0.4, 0.5) is 0 Å². The van der Waals surface area contributed by atoms with Crippen molar-refractivity contribution in [3.63, 3.8) is 0 Å². The predicted molar refractivity (Wildman–Crippen MR) is 42.7 cm³/mol. The highest BCUT2D eigenvalue weighted by Crippen LogP contribution is 2.07. The number of hydrogen-bond donors (Lipinski definition) is 1. The second-order valence-corrected chi connectivity index (χ2v) is 3.30. The molecular weight excluding hydrogens is 162 g/mol. The first-order valence-electron chi connectivity index (χ1n) is 3.16. The third-order valence-electron chi connectivity index (χ3n) is 1.26. The van der Waals surface area contributed by atoms with Gasteiger partial charge in [-0.25, -0.2) is 4.21 Å². The fraction of sp³-hybridized carbons (Fsp3) is 0.286. The molecule has 0 spiro atoms. The molecule has 1 unspecified atom stereocenters. The minimum Gasteiger partial charge on any atom is -0.302 e. The van der Waals surface area contributed by atoms with Gasteiger partial charge in [-0.1, -0.05) is 0 Å². The largest absolute Gasteiger partial charge is 0.302 e. The topological polar surface area (TPSA) is 50.2 Å². The van der Waals surface area contributed by atoms with Crippen LogP contribution in [-0.2, 0) is 11.1 Å². The van der Waals surface area contributed by atoms with Gasteiger partial charge < -0.3 is 4.55 Å². The van der Waals surface area contributed by atoms with Gasteiger partial charge in [-0.15, -0.1) is 0 Å². The zero-order valence-corrected chi connectivity index (χ0v) is 7.18. The number of pyridine rings is 1. The molecule has 0 aromatic carbocycles. The molecule has 1 N–H and O–H groups in total. The van der Waals surface area contributed by atoms with E-state index >= 15 is 0 Å². The summed E-state index contributed by atoms with van der Waals surface area (Å²) in [6.45, 7) is 3.59. The molecule has 0 radical (unpaired) electrons. The van der Waals surface area contributed by atoms with Crippen LogP contribution in [0.1, 0.15) is 11.4 Å². The van der Waals surface area contributed by atoms with Crippen LogP contribution in [0.5, 0.6) is 0 Å². The van der Waals surface area contributed by atoms with Crippen LogP contribution in [0.2, 0.25) is 0 Å². The average Bonchev–Trinajstić information content (AvgIpc) is 1.85. The Balaban J connectivity index is 3.19. The van der Waals surface area contributed by atoms with E-state index in [2.05, 4.69) is 4.98 Å². The van der Waals surface area contributed by atoms with Gasteiger partial charge in [-0.05, 0) is 26.0 Å². The molecule has 0 fully saturated rings. The highest BCUT2D eigenvalue weighted by molar-refractivity contribution is 7.79. The maximum absolute atomic E-state index is 10.6. The lowest BCUT2D eigenvalue weighted by Gasteiger charge is -1.98. The molecule has 3 nitrogen and oxygen atoms in total. The van der Waals surface area contributed by atoms with E-state index in [4.69, 9.17) is 4.55 Å². The summed E-state index contributed by atoms with van der Waals surface area (Å²) in [5, 5.41) is 0. The molecule has 0 saturated carbocycles. The summed E-state index contributed by atoms with van der Waals surface area (Å²) in [6.07, 6.45) is 0. The third-order valence-corrected chi connectivity index (χ3v) is 1.90. The second kappa shape index (κ2) is 3.11. The Morgan fingerprint density at radius 2 is 1.82 bits per heavy atom. The van der Waals surface area contributed by atoms with Crippen molar-refractivity contribution >= 4 is 11.1 Å². The van der Waals surface area contributed by atoms with Crippen LogP contribution in [0.15, 0.2) is 17.0 Å². The van der Waals surface area contributed by atoms with E-state index in [0.29, 0.717) is 4.90 Å². The standard InChI is InChI=1S/C7H9NO2S/c1-5-3-7(11(9)10)4-6(2)8-5/h3-4H,1-2H3,(H,9,10). The van der Waals surface area contributed by atoms with E-state index in [0.717, 1.165) is 11.4 Å². The summed E-state index contributed by atoms with van der Waals surface area (Å²) in [4.78, 5) is 4.48. The summed E-state index contributed by atoms with van der Waals surface area (Å²) < 4.78 is 19.3. The minimum absolute atomic E-state index is 0.412. The van der Waals surface area contributed by atoms with Crippen LogP contribution in [-0.4, -0.2) is 13.7 Å². The van der Waals surface area contributed by atoms with E-state index in [-0.39, 0.29) is 0 Å². The first-order valence-corrected chi connectivity index (χ1v) is 4.26. The molecule has 0 aliphatic heterocycles. The van der Waals surface area contributed by atoms with E-state index in [9.17, 15) is 4.21 Å². The number of aryl methyl sites for hydroxylation is 2. The van der Waals surface area contributed by atoms with Crippen molar-refractivity contribution in [1.82, 2.24) is 4.98 Å². The van der Waals surface area contributed by atoms with Gasteiger partial charge in [-0.3, -0.25) is 4.98 Å². The van der Waals surface area contributed by atoms with Crippen LogP contribution in [0.25, 0.3) is 0 Å². The Kier molecular flexibility index (Phi) is 2.36. The highest BCUT2D eigenvalue weighted by Gasteiger charge is 2.00. The van der Waals surface area contributed by atoms with E-state index in [1.54, 1.807) is 26.0 Å². The fourth-order valence-electron chi connectivity index (χ4n) is 0.897. The Labute approximate surface area is 67.8 Å². The van der Waals surface area contributed by atoms with Crippen LogP contribution in [0.3, 0.4) is 0 Å². The molecule has 0 saturated heterocycles. The van der Waals surface area contributed by atoms with Crippen molar-refractivity contribution in [2.45, 2.75) is 18.7 Å². The van der Waals surface area contributed by atoms with Gasteiger partial charge in [0.25, 0.3) is 0 Å². The van der Waals surface area contributed by atoms with Crippen molar-refractivity contribution in [3.05, 3.63) is 23.5 Å².